The van der Waals surface area contributed by atoms with E-state index in [0.717, 1.165) is 76.1 Å². The Morgan fingerprint density at radius 3 is 2.47 bits per heavy atom. The maximum atomic E-state index is 4.75. The molecule has 1 aliphatic heterocycles. The smallest absolute Gasteiger partial charge is 0.191 e. The van der Waals surface area contributed by atoms with E-state index >= 15 is 0 Å². The predicted octanol–water partition coefficient (Wildman–Crippen LogP) is 2.81. The van der Waals surface area contributed by atoms with Crippen molar-refractivity contribution in [1.29, 1.82) is 0 Å². The number of para-hydroxylation sites is 1. The summed E-state index contributed by atoms with van der Waals surface area (Å²) in [7, 11) is 2.17. The van der Waals surface area contributed by atoms with Crippen LogP contribution in [-0.4, -0.2) is 75.2 Å². The summed E-state index contributed by atoms with van der Waals surface area (Å²) in [6.07, 6.45) is 3.01. The third kappa shape index (κ3) is 7.41. The van der Waals surface area contributed by atoms with Gasteiger partial charge in [-0.3, -0.25) is 0 Å². The molecule has 3 rings (SSSR count). The first kappa shape index (κ1) is 23.9. The molecule has 0 atom stereocenters. The number of piperazine rings is 1. The molecule has 7 heteroatoms. The van der Waals surface area contributed by atoms with E-state index in [4.69, 9.17) is 4.99 Å². The molecule has 0 aliphatic carbocycles. The van der Waals surface area contributed by atoms with Gasteiger partial charge in [-0.25, -0.2) is 9.98 Å². The normalized spacial score (nSPS) is 15.0. The van der Waals surface area contributed by atoms with Crippen LogP contribution in [0.4, 0.5) is 11.5 Å². The van der Waals surface area contributed by atoms with Crippen molar-refractivity contribution < 1.29 is 0 Å². The molecule has 7 nitrogen and oxygen atoms in total. The Morgan fingerprint density at radius 2 is 1.81 bits per heavy atom. The highest BCUT2D eigenvalue weighted by molar-refractivity contribution is 5.79. The van der Waals surface area contributed by atoms with Gasteiger partial charge in [-0.05, 0) is 51.1 Å². The summed E-state index contributed by atoms with van der Waals surface area (Å²) in [5.41, 5.74) is 2.41. The zero-order chi connectivity index (χ0) is 22.6. The van der Waals surface area contributed by atoms with Gasteiger partial charge < -0.3 is 25.3 Å². The molecule has 32 heavy (non-hydrogen) atoms. The number of nitrogens with zero attached hydrogens (tertiary/aromatic N) is 5. The second kappa shape index (κ2) is 12.9. The van der Waals surface area contributed by atoms with E-state index in [1.807, 2.05) is 6.20 Å². The van der Waals surface area contributed by atoms with Gasteiger partial charge in [-0.2, -0.15) is 0 Å². The quantitative estimate of drug-likeness (QED) is 0.339. The number of benzene rings is 1. The van der Waals surface area contributed by atoms with Crippen molar-refractivity contribution in [3.63, 3.8) is 0 Å². The second-order valence-electron chi connectivity index (χ2n) is 8.21. The van der Waals surface area contributed by atoms with E-state index in [1.165, 1.54) is 5.69 Å². The van der Waals surface area contributed by atoms with Gasteiger partial charge in [0.2, 0.25) is 0 Å². The lowest BCUT2D eigenvalue weighted by Gasteiger charge is -2.33. The van der Waals surface area contributed by atoms with Crippen LogP contribution in [0, 0.1) is 0 Å². The van der Waals surface area contributed by atoms with Gasteiger partial charge in [0, 0.05) is 64.2 Å². The van der Waals surface area contributed by atoms with Crippen molar-refractivity contribution in [1.82, 2.24) is 20.5 Å². The Kier molecular flexibility index (Phi) is 9.62. The van der Waals surface area contributed by atoms with Crippen LogP contribution in [0.2, 0.25) is 0 Å². The highest BCUT2D eigenvalue weighted by Crippen LogP contribution is 2.14. The number of guanidine groups is 1. The molecule has 0 bridgehead atoms. The lowest BCUT2D eigenvalue weighted by Crippen LogP contribution is -2.44. The van der Waals surface area contributed by atoms with Gasteiger partial charge in [0.05, 0.1) is 6.54 Å². The predicted molar refractivity (Wildman–Crippen MR) is 136 cm³/mol. The number of likely N-dealkylation sites (N-methyl/N-ethyl adjacent to an activating group) is 1. The van der Waals surface area contributed by atoms with Crippen LogP contribution in [0.25, 0.3) is 0 Å². The summed E-state index contributed by atoms with van der Waals surface area (Å²) < 4.78 is 0. The van der Waals surface area contributed by atoms with Gasteiger partial charge in [0.15, 0.2) is 5.96 Å². The standard InChI is InChI=1S/C25H39N7/c1-4-26-25(27-14-9-15-31(5-2)23-10-7-6-8-11-23)29-21-22-12-13-24(28-20-22)32-18-16-30(3)17-19-32/h6-8,10-13,20H,4-5,9,14-19,21H2,1-3H3,(H2,26,27,29). The zero-order valence-corrected chi connectivity index (χ0v) is 19.9. The number of hydrogen-bond donors (Lipinski definition) is 2. The van der Waals surface area contributed by atoms with Crippen LogP contribution in [-0.2, 0) is 6.54 Å². The third-order valence-electron chi connectivity index (χ3n) is 5.80. The Balaban J connectivity index is 1.46. The van der Waals surface area contributed by atoms with Gasteiger partial charge in [0.25, 0.3) is 0 Å². The average molecular weight is 438 g/mol. The molecule has 0 amide bonds. The molecule has 0 radical (unpaired) electrons. The SMILES string of the molecule is CCNC(=NCc1ccc(N2CCN(C)CC2)nc1)NCCCN(CC)c1ccccc1. The highest BCUT2D eigenvalue weighted by Gasteiger charge is 2.14. The molecule has 0 unspecified atom stereocenters. The van der Waals surface area contributed by atoms with Crippen LogP contribution in [0.15, 0.2) is 53.7 Å². The van der Waals surface area contributed by atoms with E-state index in [0.29, 0.717) is 6.54 Å². The maximum absolute atomic E-state index is 4.75. The molecule has 1 aromatic heterocycles. The molecule has 2 heterocycles. The fraction of sp³-hybridized carbons (Fsp3) is 0.520. The summed E-state index contributed by atoms with van der Waals surface area (Å²) in [6, 6.07) is 14.9. The van der Waals surface area contributed by atoms with Crippen molar-refractivity contribution in [2.24, 2.45) is 4.99 Å². The van der Waals surface area contributed by atoms with Crippen LogP contribution < -0.4 is 20.4 Å². The van der Waals surface area contributed by atoms with Crippen molar-refractivity contribution >= 4 is 17.5 Å². The van der Waals surface area contributed by atoms with Crippen LogP contribution >= 0.6 is 0 Å². The molecule has 2 aromatic rings. The number of aliphatic imine (C=N–C) groups is 1. The number of anilines is 2. The number of aromatic nitrogens is 1. The first-order valence-electron chi connectivity index (χ1n) is 11.9. The van der Waals surface area contributed by atoms with E-state index in [9.17, 15) is 0 Å². The summed E-state index contributed by atoms with van der Waals surface area (Å²) in [4.78, 5) is 16.5. The molecule has 1 aliphatic rings. The van der Waals surface area contributed by atoms with Crippen molar-refractivity contribution in [2.45, 2.75) is 26.8 Å². The highest BCUT2D eigenvalue weighted by atomic mass is 15.3. The largest absolute Gasteiger partial charge is 0.372 e. The topological polar surface area (TPSA) is 59.0 Å². The minimum absolute atomic E-state index is 0.621. The number of pyridine rings is 1. The minimum Gasteiger partial charge on any atom is -0.372 e. The number of hydrogen-bond acceptors (Lipinski definition) is 5. The molecule has 1 aromatic carbocycles. The molecule has 2 N–H and O–H groups in total. The fourth-order valence-corrected chi connectivity index (χ4v) is 3.83. The summed E-state index contributed by atoms with van der Waals surface area (Å²) >= 11 is 0. The molecule has 174 valence electrons. The third-order valence-corrected chi connectivity index (χ3v) is 5.80. The molecule has 1 fully saturated rings. The fourth-order valence-electron chi connectivity index (χ4n) is 3.83. The van der Waals surface area contributed by atoms with Crippen molar-refractivity contribution in [3.8, 4) is 0 Å². The van der Waals surface area contributed by atoms with E-state index < -0.39 is 0 Å². The molecule has 1 saturated heterocycles. The van der Waals surface area contributed by atoms with Crippen LogP contribution in [0.3, 0.4) is 0 Å². The molecule has 0 saturated carbocycles. The Hall–Kier alpha value is -2.80. The summed E-state index contributed by atoms with van der Waals surface area (Å²) in [5, 5.41) is 6.81. The van der Waals surface area contributed by atoms with E-state index in [-0.39, 0.29) is 0 Å². The average Bonchev–Trinajstić information content (AvgIpc) is 2.84. The number of rotatable bonds is 10. The van der Waals surface area contributed by atoms with Crippen molar-refractivity contribution in [2.75, 3.05) is 69.2 Å². The molecule has 0 spiro atoms. The Morgan fingerprint density at radius 1 is 1.03 bits per heavy atom. The minimum atomic E-state index is 0.621. The van der Waals surface area contributed by atoms with Crippen LogP contribution in [0.5, 0.6) is 0 Å². The van der Waals surface area contributed by atoms with Gasteiger partial charge >= 0.3 is 0 Å². The monoisotopic (exact) mass is 437 g/mol. The van der Waals surface area contributed by atoms with E-state index in [1.54, 1.807) is 0 Å². The Labute approximate surface area is 193 Å². The number of nitrogens with one attached hydrogen (secondary N) is 2. The summed E-state index contributed by atoms with van der Waals surface area (Å²) in [5.74, 6) is 1.92. The molecular formula is C25H39N7. The molecular weight excluding hydrogens is 398 g/mol. The first-order chi connectivity index (χ1) is 15.7. The van der Waals surface area contributed by atoms with Gasteiger partial charge in [-0.15, -0.1) is 0 Å². The second-order valence-corrected chi connectivity index (χ2v) is 8.21. The zero-order valence-electron chi connectivity index (χ0n) is 19.9. The first-order valence-corrected chi connectivity index (χ1v) is 11.9. The maximum Gasteiger partial charge on any atom is 0.191 e. The lowest BCUT2D eigenvalue weighted by molar-refractivity contribution is 0.312. The van der Waals surface area contributed by atoms with Crippen molar-refractivity contribution in [3.05, 3.63) is 54.2 Å². The van der Waals surface area contributed by atoms with Gasteiger partial charge in [-0.1, -0.05) is 24.3 Å². The van der Waals surface area contributed by atoms with Gasteiger partial charge in [0.1, 0.15) is 5.82 Å². The van der Waals surface area contributed by atoms with Crippen LogP contribution in [0.1, 0.15) is 25.8 Å². The lowest BCUT2D eigenvalue weighted by atomic mass is 10.2. The summed E-state index contributed by atoms with van der Waals surface area (Å²) in [6.45, 7) is 12.9. The van der Waals surface area contributed by atoms with E-state index in [2.05, 4.69) is 93.7 Å². The Bertz CT molecular complexity index is 799.